The van der Waals surface area contributed by atoms with Crippen LogP contribution >= 0.6 is 22.9 Å². The standard InChI is InChI=1S/C16H16ClFN2O3S2/c1-2-15(21)20-6-5-14-10(9-20)7-16(24-14)25(22,23)19-13-8-11(17)3-4-12(13)18/h3-4,7-8,19H,2,5-6,9H2,1H3. The van der Waals surface area contributed by atoms with Gasteiger partial charge in [0.25, 0.3) is 10.0 Å². The third-order valence-corrected chi connectivity index (χ3v) is 7.25. The fraction of sp³-hybridized carbons (Fsp3) is 0.312. The summed E-state index contributed by atoms with van der Waals surface area (Å²) in [6.07, 6.45) is 1.03. The lowest BCUT2D eigenvalue weighted by atomic mass is 10.1. The van der Waals surface area contributed by atoms with E-state index in [1.54, 1.807) is 17.9 Å². The number of fused-ring (bicyclic) bond motifs is 1. The van der Waals surface area contributed by atoms with E-state index in [0.29, 0.717) is 25.9 Å². The van der Waals surface area contributed by atoms with Crippen molar-refractivity contribution in [3.8, 4) is 0 Å². The third-order valence-electron chi connectivity index (χ3n) is 3.94. The van der Waals surface area contributed by atoms with E-state index in [1.807, 2.05) is 0 Å². The first-order valence-corrected chi connectivity index (χ1v) is 10.3. The first kappa shape index (κ1) is 18.2. The fourth-order valence-corrected chi connectivity index (χ4v) is 5.42. The molecule has 2 heterocycles. The Balaban J connectivity index is 1.86. The Kier molecular flexibility index (Phi) is 5.04. The second-order valence-corrected chi connectivity index (χ2v) is 9.14. The van der Waals surface area contributed by atoms with E-state index in [4.69, 9.17) is 11.6 Å². The van der Waals surface area contributed by atoms with Crippen LogP contribution in [0.4, 0.5) is 10.1 Å². The predicted molar refractivity (Wildman–Crippen MR) is 95.9 cm³/mol. The average molecular weight is 403 g/mol. The van der Waals surface area contributed by atoms with Crippen LogP contribution in [0.3, 0.4) is 0 Å². The maximum Gasteiger partial charge on any atom is 0.271 e. The number of carbonyl (C=O) groups excluding carboxylic acids is 1. The zero-order chi connectivity index (χ0) is 18.2. The molecule has 1 aliphatic rings. The molecule has 1 N–H and O–H groups in total. The van der Waals surface area contributed by atoms with Crippen LogP contribution in [-0.2, 0) is 27.8 Å². The topological polar surface area (TPSA) is 66.5 Å². The van der Waals surface area contributed by atoms with Crippen molar-refractivity contribution in [3.63, 3.8) is 0 Å². The van der Waals surface area contributed by atoms with Crippen molar-refractivity contribution in [1.82, 2.24) is 4.90 Å². The number of rotatable bonds is 4. The lowest BCUT2D eigenvalue weighted by Crippen LogP contribution is -2.34. The monoisotopic (exact) mass is 402 g/mol. The number of nitrogens with one attached hydrogen (secondary N) is 1. The maximum atomic E-state index is 13.8. The van der Waals surface area contributed by atoms with Gasteiger partial charge in [0.2, 0.25) is 5.91 Å². The number of amides is 1. The van der Waals surface area contributed by atoms with E-state index in [0.717, 1.165) is 27.8 Å². The number of halogens is 2. The molecule has 9 heteroatoms. The number of sulfonamides is 1. The lowest BCUT2D eigenvalue weighted by Gasteiger charge is -2.26. The van der Waals surface area contributed by atoms with Gasteiger partial charge in [0.05, 0.1) is 5.69 Å². The van der Waals surface area contributed by atoms with E-state index in [9.17, 15) is 17.6 Å². The summed E-state index contributed by atoms with van der Waals surface area (Å²) >= 11 is 6.95. The molecule has 1 aliphatic heterocycles. The Labute approximate surface area is 154 Å². The number of anilines is 1. The Morgan fingerprint density at radius 2 is 2.16 bits per heavy atom. The molecule has 0 atom stereocenters. The summed E-state index contributed by atoms with van der Waals surface area (Å²) < 4.78 is 41.3. The molecular formula is C16H16ClFN2O3S2. The van der Waals surface area contributed by atoms with Crippen LogP contribution in [0.5, 0.6) is 0 Å². The summed E-state index contributed by atoms with van der Waals surface area (Å²) in [5, 5.41) is 0.235. The van der Waals surface area contributed by atoms with Gasteiger partial charge >= 0.3 is 0 Å². The molecule has 0 fully saturated rings. The Morgan fingerprint density at radius 1 is 1.40 bits per heavy atom. The molecule has 0 spiro atoms. The van der Waals surface area contributed by atoms with Gasteiger partial charge in [-0.15, -0.1) is 11.3 Å². The van der Waals surface area contributed by atoms with Crippen molar-refractivity contribution in [2.45, 2.75) is 30.5 Å². The second kappa shape index (κ2) is 6.93. The Hall–Kier alpha value is -1.64. The molecule has 1 aromatic carbocycles. The van der Waals surface area contributed by atoms with E-state index in [1.165, 1.54) is 12.1 Å². The zero-order valence-corrected chi connectivity index (χ0v) is 15.8. The van der Waals surface area contributed by atoms with Crippen LogP contribution in [0.2, 0.25) is 5.02 Å². The van der Waals surface area contributed by atoms with Gasteiger partial charge in [-0.3, -0.25) is 9.52 Å². The molecule has 0 bridgehead atoms. The van der Waals surface area contributed by atoms with E-state index in [2.05, 4.69) is 4.72 Å². The summed E-state index contributed by atoms with van der Waals surface area (Å²) in [6, 6.07) is 5.23. The quantitative estimate of drug-likeness (QED) is 0.849. The van der Waals surface area contributed by atoms with Crippen molar-refractivity contribution in [2.75, 3.05) is 11.3 Å². The minimum absolute atomic E-state index is 0.0420. The van der Waals surface area contributed by atoms with Gasteiger partial charge in [0, 0.05) is 29.4 Å². The van der Waals surface area contributed by atoms with Crippen molar-refractivity contribution >= 4 is 44.6 Å². The number of hydrogen-bond donors (Lipinski definition) is 1. The molecule has 0 aliphatic carbocycles. The zero-order valence-electron chi connectivity index (χ0n) is 13.4. The smallest absolute Gasteiger partial charge is 0.271 e. The van der Waals surface area contributed by atoms with Gasteiger partial charge in [-0.05, 0) is 36.2 Å². The van der Waals surface area contributed by atoms with Crippen LogP contribution in [0.25, 0.3) is 0 Å². The van der Waals surface area contributed by atoms with Crippen LogP contribution in [0.15, 0.2) is 28.5 Å². The Morgan fingerprint density at radius 3 is 2.88 bits per heavy atom. The van der Waals surface area contributed by atoms with Crippen LogP contribution in [-0.4, -0.2) is 25.8 Å². The first-order valence-electron chi connectivity index (χ1n) is 7.67. The third kappa shape index (κ3) is 3.80. The summed E-state index contributed by atoms with van der Waals surface area (Å²) in [6.45, 7) is 2.78. The molecule has 134 valence electrons. The highest BCUT2D eigenvalue weighted by Gasteiger charge is 2.26. The molecule has 0 saturated heterocycles. The molecule has 25 heavy (non-hydrogen) atoms. The van der Waals surface area contributed by atoms with Gasteiger partial charge in [0.15, 0.2) is 0 Å². The highest BCUT2D eigenvalue weighted by molar-refractivity contribution is 7.94. The Bertz CT molecular complexity index is 927. The number of benzene rings is 1. The maximum absolute atomic E-state index is 13.8. The molecule has 0 radical (unpaired) electrons. The summed E-state index contributed by atoms with van der Waals surface area (Å²) in [4.78, 5) is 14.5. The molecule has 1 amide bonds. The molecule has 2 aromatic rings. The molecule has 3 rings (SSSR count). The van der Waals surface area contributed by atoms with Crippen LogP contribution in [0, 0.1) is 5.82 Å². The van der Waals surface area contributed by atoms with Gasteiger partial charge in [-0.2, -0.15) is 0 Å². The summed E-state index contributed by atoms with van der Waals surface area (Å²) in [7, 11) is -3.92. The van der Waals surface area contributed by atoms with Crippen molar-refractivity contribution in [3.05, 3.63) is 45.5 Å². The lowest BCUT2D eigenvalue weighted by molar-refractivity contribution is -0.131. The average Bonchev–Trinajstić information content (AvgIpc) is 3.01. The second-order valence-electron chi connectivity index (χ2n) is 5.66. The van der Waals surface area contributed by atoms with Gasteiger partial charge in [0.1, 0.15) is 10.0 Å². The van der Waals surface area contributed by atoms with E-state index in [-0.39, 0.29) is 20.8 Å². The van der Waals surface area contributed by atoms with Gasteiger partial charge in [-0.25, -0.2) is 12.8 Å². The van der Waals surface area contributed by atoms with E-state index < -0.39 is 15.8 Å². The molecular weight excluding hydrogens is 387 g/mol. The SMILES string of the molecule is CCC(=O)N1CCc2sc(S(=O)(=O)Nc3cc(Cl)ccc3F)cc2C1. The van der Waals surface area contributed by atoms with E-state index >= 15 is 0 Å². The molecule has 0 saturated carbocycles. The predicted octanol–water partition coefficient (Wildman–Crippen LogP) is 3.64. The molecule has 0 unspecified atom stereocenters. The van der Waals surface area contributed by atoms with Crippen molar-refractivity contribution in [2.24, 2.45) is 0 Å². The number of nitrogens with zero attached hydrogens (tertiary/aromatic N) is 1. The number of hydrogen-bond acceptors (Lipinski definition) is 4. The number of thiophene rings is 1. The van der Waals surface area contributed by atoms with Gasteiger partial charge < -0.3 is 4.90 Å². The van der Waals surface area contributed by atoms with Gasteiger partial charge in [-0.1, -0.05) is 18.5 Å². The normalized spacial score (nSPS) is 14.3. The highest BCUT2D eigenvalue weighted by Crippen LogP contribution is 2.32. The van der Waals surface area contributed by atoms with Crippen molar-refractivity contribution < 1.29 is 17.6 Å². The van der Waals surface area contributed by atoms with Crippen LogP contribution in [0.1, 0.15) is 23.8 Å². The highest BCUT2D eigenvalue weighted by atomic mass is 35.5. The number of carbonyl (C=O) groups is 1. The molecule has 5 nitrogen and oxygen atoms in total. The minimum atomic E-state index is -3.92. The van der Waals surface area contributed by atoms with Crippen LogP contribution < -0.4 is 4.72 Å². The summed E-state index contributed by atoms with van der Waals surface area (Å²) in [5.74, 6) is -0.658. The minimum Gasteiger partial charge on any atom is -0.338 e. The fourth-order valence-electron chi connectivity index (χ4n) is 2.65. The molecule has 1 aromatic heterocycles. The summed E-state index contributed by atoms with van der Waals surface area (Å²) in [5.41, 5.74) is 0.631. The first-order chi connectivity index (χ1) is 11.8. The van der Waals surface area contributed by atoms with Crippen molar-refractivity contribution in [1.29, 1.82) is 0 Å². The largest absolute Gasteiger partial charge is 0.338 e.